The molecule has 5 atom stereocenters. The molecule has 1 saturated heterocycles. The Hall–Kier alpha value is -0.330. The highest BCUT2D eigenvalue weighted by atomic mass is 32.3. The lowest BCUT2D eigenvalue weighted by Crippen LogP contribution is -2.58. The maximum absolute atomic E-state index is 10.4. The van der Waals surface area contributed by atoms with Gasteiger partial charge in [-0.15, -0.1) is 0 Å². The Morgan fingerprint density at radius 2 is 1.69 bits per heavy atom. The first-order valence-electron chi connectivity index (χ1n) is 4.09. The second kappa shape index (κ2) is 4.89. The van der Waals surface area contributed by atoms with Crippen molar-refractivity contribution < 1.29 is 42.3 Å². The Bertz CT molecular complexity index is 325. The topological polar surface area (TPSA) is 154 Å². The van der Waals surface area contributed by atoms with Crippen LogP contribution in [-0.2, 0) is 19.3 Å². The van der Waals surface area contributed by atoms with Crippen LogP contribution in [-0.4, -0.2) is 64.1 Å². The van der Waals surface area contributed by atoms with Crippen LogP contribution in [0, 0.1) is 6.61 Å². The Morgan fingerprint density at radius 1 is 1.12 bits per heavy atom. The van der Waals surface area contributed by atoms with Gasteiger partial charge in [-0.3, -0.25) is 4.55 Å². The minimum Gasteiger partial charge on any atom is -0.387 e. The minimum absolute atomic E-state index is 0.347. The van der Waals surface area contributed by atoms with Crippen molar-refractivity contribution in [3.05, 3.63) is 6.61 Å². The molecule has 1 fully saturated rings. The van der Waals surface area contributed by atoms with E-state index in [0.29, 0.717) is 6.61 Å². The van der Waals surface area contributed by atoms with E-state index >= 15 is 0 Å². The lowest BCUT2D eigenvalue weighted by atomic mass is 10.00. The first kappa shape index (κ1) is 13.7. The largest absolute Gasteiger partial charge is 0.399 e. The van der Waals surface area contributed by atoms with Crippen molar-refractivity contribution in [2.24, 2.45) is 0 Å². The van der Waals surface area contributed by atoms with Crippen LogP contribution in [0.2, 0.25) is 0 Å². The van der Waals surface area contributed by atoms with E-state index in [1.807, 2.05) is 0 Å². The molecular weight excluding hydrogens is 248 g/mol. The highest BCUT2D eigenvalue weighted by Gasteiger charge is 2.45. The molecule has 0 aromatic heterocycles. The zero-order chi connectivity index (χ0) is 12.5. The van der Waals surface area contributed by atoms with Gasteiger partial charge in [0.15, 0.2) is 0 Å². The van der Waals surface area contributed by atoms with Gasteiger partial charge in [-0.2, -0.15) is 8.42 Å². The summed E-state index contributed by atoms with van der Waals surface area (Å²) < 4.78 is 37.5. The van der Waals surface area contributed by atoms with Gasteiger partial charge in [0.2, 0.25) is 6.29 Å². The van der Waals surface area contributed by atoms with E-state index in [4.69, 9.17) is 9.66 Å². The molecule has 0 unspecified atom stereocenters. The first-order chi connectivity index (χ1) is 7.26. The van der Waals surface area contributed by atoms with E-state index in [2.05, 4.69) is 8.92 Å². The summed E-state index contributed by atoms with van der Waals surface area (Å²) in [5, 5.41) is 36.3. The molecule has 0 saturated carbocycles. The third-order valence-electron chi connectivity index (χ3n) is 1.97. The second-order valence-corrected chi connectivity index (χ2v) is 4.16. The average molecular weight is 259 g/mol. The number of hydrogen-bond donors (Lipinski definition) is 5. The summed E-state index contributed by atoms with van der Waals surface area (Å²) in [6.45, 7) is 0.347. The second-order valence-electron chi connectivity index (χ2n) is 3.11. The molecule has 5 N–H and O–H groups in total. The van der Waals surface area contributed by atoms with E-state index < -0.39 is 41.1 Å². The predicted molar refractivity (Wildman–Crippen MR) is 45.6 cm³/mol. The monoisotopic (exact) mass is 259 g/mol. The van der Waals surface area contributed by atoms with Crippen molar-refractivity contribution in [1.29, 1.82) is 0 Å². The van der Waals surface area contributed by atoms with Crippen molar-refractivity contribution in [3.8, 4) is 0 Å². The van der Waals surface area contributed by atoms with Crippen LogP contribution in [0.4, 0.5) is 0 Å². The fourth-order valence-electron chi connectivity index (χ4n) is 1.20. The standard InChI is InChI=1S/C6H11O9S/c7-1-2-3(8)4(9)5(10)6(14-2)15-16(11,12)13/h1-10H,(H,11,12,13)/t2-,3-,4+,5+,6-/m1/s1. The van der Waals surface area contributed by atoms with E-state index in [9.17, 15) is 23.7 Å². The van der Waals surface area contributed by atoms with Crippen LogP contribution in [0.1, 0.15) is 0 Å². The highest BCUT2D eigenvalue weighted by Crippen LogP contribution is 2.23. The smallest absolute Gasteiger partial charge is 0.387 e. The zero-order valence-electron chi connectivity index (χ0n) is 7.74. The number of hydrogen-bond acceptors (Lipinski definition) is 8. The van der Waals surface area contributed by atoms with Gasteiger partial charge in [0.25, 0.3) is 0 Å². The van der Waals surface area contributed by atoms with Gasteiger partial charge >= 0.3 is 10.4 Å². The fourth-order valence-corrected chi connectivity index (χ4v) is 1.59. The van der Waals surface area contributed by atoms with Crippen molar-refractivity contribution in [2.75, 3.05) is 0 Å². The Labute approximate surface area is 90.8 Å². The fraction of sp³-hybridized carbons (Fsp3) is 0.833. The van der Waals surface area contributed by atoms with Crippen molar-refractivity contribution in [2.45, 2.75) is 30.7 Å². The summed E-state index contributed by atoms with van der Waals surface area (Å²) in [5.74, 6) is 0. The van der Waals surface area contributed by atoms with Crippen LogP contribution in [0.3, 0.4) is 0 Å². The summed E-state index contributed by atoms with van der Waals surface area (Å²) in [6, 6.07) is 0. The van der Waals surface area contributed by atoms with Crippen LogP contribution in [0.15, 0.2) is 0 Å². The maximum Gasteiger partial charge on any atom is 0.399 e. The van der Waals surface area contributed by atoms with Gasteiger partial charge in [0.05, 0.1) is 0 Å². The van der Waals surface area contributed by atoms with Gasteiger partial charge in [0, 0.05) is 0 Å². The van der Waals surface area contributed by atoms with Crippen LogP contribution < -0.4 is 0 Å². The zero-order valence-corrected chi connectivity index (χ0v) is 8.56. The molecule has 0 spiro atoms. The van der Waals surface area contributed by atoms with Crippen LogP contribution in [0.5, 0.6) is 0 Å². The highest BCUT2D eigenvalue weighted by molar-refractivity contribution is 7.80. The molecule has 1 radical (unpaired) electrons. The number of ether oxygens (including phenoxy) is 1. The van der Waals surface area contributed by atoms with E-state index in [1.54, 1.807) is 0 Å². The van der Waals surface area contributed by atoms with Crippen molar-refractivity contribution in [3.63, 3.8) is 0 Å². The third kappa shape index (κ3) is 3.09. The summed E-state index contributed by atoms with van der Waals surface area (Å²) in [7, 11) is -4.90. The van der Waals surface area contributed by atoms with Gasteiger partial charge in [-0.05, 0) is 0 Å². The molecule has 1 aliphatic heterocycles. The Balaban J connectivity index is 2.79. The van der Waals surface area contributed by atoms with Gasteiger partial charge in [-0.1, -0.05) is 0 Å². The molecule has 95 valence electrons. The molecule has 10 heteroatoms. The summed E-state index contributed by atoms with van der Waals surface area (Å²) in [6.07, 6.45) is -8.73. The lowest BCUT2D eigenvalue weighted by molar-refractivity contribution is -0.270. The normalized spacial score (nSPS) is 40.9. The van der Waals surface area contributed by atoms with Gasteiger partial charge in [-0.25, -0.2) is 4.18 Å². The Morgan fingerprint density at radius 3 is 2.12 bits per heavy atom. The average Bonchev–Trinajstić information content (AvgIpc) is 2.17. The molecular formula is C6H11O9S. The Kier molecular flexibility index (Phi) is 4.20. The predicted octanol–water partition coefficient (Wildman–Crippen LogP) is -2.85. The van der Waals surface area contributed by atoms with E-state index in [-0.39, 0.29) is 0 Å². The molecule has 0 aromatic carbocycles. The number of rotatable bonds is 3. The third-order valence-corrected chi connectivity index (χ3v) is 2.40. The molecule has 0 aliphatic carbocycles. The van der Waals surface area contributed by atoms with Crippen molar-refractivity contribution in [1.82, 2.24) is 0 Å². The molecule has 1 heterocycles. The van der Waals surface area contributed by atoms with Gasteiger partial charge < -0.3 is 25.2 Å². The minimum atomic E-state index is -4.90. The molecule has 0 bridgehead atoms. The molecule has 1 aliphatic rings. The molecule has 16 heavy (non-hydrogen) atoms. The molecule has 0 aromatic rings. The number of aliphatic hydroxyl groups is 4. The van der Waals surface area contributed by atoms with Crippen molar-refractivity contribution >= 4 is 10.4 Å². The van der Waals surface area contributed by atoms with E-state index in [0.717, 1.165) is 0 Å². The lowest BCUT2D eigenvalue weighted by Gasteiger charge is -2.38. The molecule has 1 rings (SSSR count). The maximum atomic E-state index is 10.4. The van der Waals surface area contributed by atoms with Gasteiger partial charge in [0.1, 0.15) is 31.0 Å². The summed E-state index contributed by atoms with van der Waals surface area (Å²) in [5.41, 5.74) is 0. The molecule has 0 amide bonds. The van der Waals surface area contributed by atoms with Crippen LogP contribution in [0.25, 0.3) is 0 Å². The first-order valence-corrected chi connectivity index (χ1v) is 5.45. The SMILES string of the molecule is O=S(=O)(O)O[C@H]1O[C@H]([CH]O)[C@@H](O)[C@H](O)[C@@H]1O. The van der Waals surface area contributed by atoms with Crippen LogP contribution >= 0.6 is 0 Å². The number of aliphatic hydroxyl groups excluding tert-OH is 4. The summed E-state index contributed by atoms with van der Waals surface area (Å²) in [4.78, 5) is 0. The van der Waals surface area contributed by atoms with E-state index in [1.165, 1.54) is 0 Å². The quantitative estimate of drug-likeness (QED) is 0.337. The summed E-state index contributed by atoms with van der Waals surface area (Å²) >= 11 is 0. The molecule has 9 nitrogen and oxygen atoms in total.